The number of carbonyl (C=O) groups is 2. The van der Waals surface area contributed by atoms with Gasteiger partial charge >= 0.3 is 11.9 Å². The van der Waals surface area contributed by atoms with E-state index < -0.39 is 0 Å². The lowest BCUT2D eigenvalue weighted by Gasteiger charge is -2.26. The molecule has 0 aliphatic heterocycles. The van der Waals surface area contributed by atoms with E-state index in [0.29, 0.717) is 13.2 Å². The van der Waals surface area contributed by atoms with Gasteiger partial charge in [-0.1, -0.05) is 85.0 Å². The Hall–Kier alpha value is -1.06. The minimum Gasteiger partial charge on any atom is -0.465 e. The molecule has 0 atom stereocenters. The first kappa shape index (κ1) is 27.0. The summed E-state index contributed by atoms with van der Waals surface area (Å²) in [6.45, 7) is 7.84. The first-order valence-electron chi connectivity index (χ1n) is 12.9. The zero-order chi connectivity index (χ0) is 22.0. The highest BCUT2D eigenvalue weighted by Crippen LogP contribution is 2.30. The van der Waals surface area contributed by atoms with Crippen LogP contribution in [-0.2, 0) is 19.1 Å². The number of esters is 2. The fourth-order valence-corrected chi connectivity index (χ4v) is 4.21. The summed E-state index contributed by atoms with van der Waals surface area (Å²) in [5.74, 6) is 0.641. The minimum atomic E-state index is -0.0671. The summed E-state index contributed by atoms with van der Waals surface area (Å²) in [5.41, 5.74) is 0. The standard InChI is InChI=1S/C26H48O4/c1-4-5-6-13-20-29-25(27)23-16-18-24(19-17-23)26(28)30-21-14-11-9-7-8-10-12-15-22(2)3/h22-24H,4-21H2,1-3H3. The summed E-state index contributed by atoms with van der Waals surface area (Å²) < 4.78 is 10.9. The fourth-order valence-electron chi connectivity index (χ4n) is 4.21. The lowest BCUT2D eigenvalue weighted by atomic mass is 9.82. The zero-order valence-electron chi connectivity index (χ0n) is 20.1. The predicted molar refractivity (Wildman–Crippen MR) is 123 cm³/mol. The normalized spacial score (nSPS) is 19.1. The van der Waals surface area contributed by atoms with Crippen LogP contribution in [0.4, 0.5) is 0 Å². The lowest BCUT2D eigenvalue weighted by Crippen LogP contribution is -2.28. The summed E-state index contributed by atoms with van der Waals surface area (Å²) in [6.07, 6.45) is 17.5. The molecule has 0 N–H and O–H groups in total. The third-order valence-corrected chi connectivity index (χ3v) is 6.31. The monoisotopic (exact) mass is 424 g/mol. The maximum absolute atomic E-state index is 12.3. The largest absolute Gasteiger partial charge is 0.465 e. The SMILES string of the molecule is CCCCCCOC(=O)C1CCC(C(=O)OCCCCCCCCCC(C)C)CC1. The third-order valence-electron chi connectivity index (χ3n) is 6.31. The van der Waals surface area contributed by atoms with Gasteiger partial charge in [-0.05, 0) is 44.4 Å². The Labute approximate surface area is 185 Å². The Bertz CT molecular complexity index is 438. The van der Waals surface area contributed by atoms with E-state index >= 15 is 0 Å². The van der Waals surface area contributed by atoms with Crippen LogP contribution in [0, 0.1) is 17.8 Å². The van der Waals surface area contributed by atoms with Crippen molar-refractivity contribution >= 4 is 11.9 Å². The fraction of sp³-hybridized carbons (Fsp3) is 0.923. The van der Waals surface area contributed by atoms with E-state index in [4.69, 9.17) is 9.47 Å². The molecule has 0 amide bonds. The molecule has 30 heavy (non-hydrogen) atoms. The molecule has 0 bridgehead atoms. The molecule has 0 saturated heterocycles. The number of ether oxygens (including phenoxy) is 2. The molecule has 0 aromatic rings. The number of rotatable bonds is 17. The highest BCUT2D eigenvalue weighted by Gasteiger charge is 2.31. The van der Waals surface area contributed by atoms with Gasteiger partial charge in [0.2, 0.25) is 0 Å². The van der Waals surface area contributed by atoms with Gasteiger partial charge in [-0.3, -0.25) is 9.59 Å². The van der Waals surface area contributed by atoms with Crippen LogP contribution in [0.2, 0.25) is 0 Å². The second kappa shape index (κ2) is 17.6. The van der Waals surface area contributed by atoms with Crippen molar-refractivity contribution in [1.82, 2.24) is 0 Å². The maximum Gasteiger partial charge on any atom is 0.308 e. The molecule has 4 nitrogen and oxygen atoms in total. The average Bonchev–Trinajstić information content (AvgIpc) is 2.74. The molecule has 1 rings (SSSR count). The van der Waals surface area contributed by atoms with E-state index in [0.717, 1.165) is 57.3 Å². The molecule has 0 radical (unpaired) electrons. The predicted octanol–water partition coefficient (Wildman–Crippen LogP) is 7.24. The molecule has 0 spiro atoms. The van der Waals surface area contributed by atoms with Crippen molar-refractivity contribution in [2.45, 2.75) is 124 Å². The summed E-state index contributed by atoms with van der Waals surface area (Å²) in [6, 6.07) is 0. The first-order valence-corrected chi connectivity index (χ1v) is 12.9. The molecule has 176 valence electrons. The Morgan fingerprint density at radius 1 is 0.667 bits per heavy atom. The molecular formula is C26H48O4. The van der Waals surface area contributed by atoms with Crippen LogP contribution in [0.25, 0.3) is 0 Å². The molecule has 0 heterocycles. The van der Waals surface area contributed by atoms with Crippen molar-refractivity contribution in [3.8, 4) is 0 Å². The van der Waals surface area contributed by atoms with E-state index in [1.54, 1.807) is 0 Å². The Morgan fingerprint density at radius 3 is 1.50 bits per heavy atom. The van der Waals surface area contributed by atoms with Crippen molar-refractivity contribution < 1.29 is 19.1 Å². The molecule has 0 aromatic carbocycles. The van der Waals surface area contributed by atoms with Gasteiger partial charge in [0.15, 0.2) is 0 Å². The van der Waals surface area contributed by atoms with Gasteiger partial charge in [-0.15, -0.1) is 0 Å². The second-order valence-corrected chi connectivity index (χ2v) is 9.60. The Balaban J connectivity index is 1.99. The molecule has 1 fully saturated rings. The van der Waals surface area contributed by atoms with Crippen LogP contribution < -0.4 is 0 Å². The van der Waals surface area contributed by atoms with Crippen LogP contribution >= 0.6 is 0 Å². The van der Waals surface area contributed by atoms with E-state index in [2.05, 4.69) is 20.8 Å². The van der Waals surface area contributed by atoms with E-state index in [1.807, 2.05) is 0 Å². The highest BCUT2D eigenvalue weighted by atomic mass is 16.5. The lowest BCUT2D eigenvalue weighted by molar-refractivity contribution is -0.155. The summed E-state index contributed by atoms with van der Waals surface area (Å²) in [7, 11) is 0. The van der Waals surface area contributed by atoms with Gasteiger partial charge < -0.3 is 9.47 Å². The number of hydrogen-bond donors (Lipinski definition) is 0. The van der Waals surface area contributed by atoms with Crippen LogP contribution in [-0.4, -0.2) is 25.2 Å². The molecule has 0 unspecified atom stereocenters. The van der Waals surface area contributed by atoms with Crippen molar-refractivity contribution in [2.75, 3.05) is 13.2 Å². The maximum atomic E-state index is 12.3. The Kier molecular flexibility index (Phi) is 15.8. The average molecular weight is 425 g/mol. The van der Waals surface area contributed by atoms with Crippen molar-refractivity contribution in [3.05, 3.63) is 0 Å². The van der Waals surface area contributed by atoms with Gasteiger partial charge in [0.1, 0.15) is 0 Å². The minimum absolute atomic E-state index is 0.0271. The van der Waals surface area contributed by atoms with Crippen molar-refractivity contribution in [2.24, 2.45) is 17.8 Å². The van der Waals surface area contributed by atoms with Crippen LogP contribution in [0.15, 0.2) is 0 Å². The quantitative estimate of drug-likeness (QED) is 0.182. The molecule has 0 aromatic heterocycles. The van der Waals surface area contributed by atoms with Crippen LogP contribution in [0.5, 0.6) is 0 Å². The summed E-state index contributed by atoms with van der Waals surface area (Å²) in [5, 5.41) is 0. The summed E-state index contributed by atoms with van der Waals surface area (Å²) in [4.78, 5) is 24.4. The van der Waals surface area contributed by atoms with E-state index in [9.17, 15) is 9.59 Å². The second-order valence-electron chi connectivity index (χ2n) is 9.60. The van der Waals surface area contributed by atoms with Gasteiger partial charge in [0, 0.05) is 0 Å². The summed E-state index contributed by atoms with van der Waals surface area (Å²) >= 11 is 0. The smallest absolute Gasteiger partial charge is 0.308 e. The number of hydrogen-bond acceptors (Lipinski definition) is 4. The van der Waals surface area contributed by atoms with Crippen LogP contribution in [0.1, 0.15) is 124 Å². The number of carbonyl (C=O) groups excluding carboxylic acids is 2. The molecule has 4 heteroatoms. The van der Waals surface area contributed by atoms with Crippen molar-refractivity contribution in [1.29, 1.82) is 0 Å². The first-order chi connectivity index (χ1) is 14.5. The molecule has 1 aliphatic carbocycles. The highest BCUT2D eigenvalue weighted by molar-refractivity contribution is 5.75. The molecule has 1 aliphatic rings. The third kappa shape index (κ3) is 13.3. The van der Waals surface area contributed by atoms with Gasteiger partial charge in [0.25, 0.3) is 0 Å². The van der Waals surface area contributed by atoms with E-state index in [1.165, 1.54) is 51.4 Å². The molecular weight excluding hydrogens is 376 g/mol. The zero-order valence-corrected chi connectivity index (χ0v) is 20.1. The van der Waals surface area contributed by atoms with Gasteiger partial charge in [0.05, 0.1) is 25.0 Å². The molecule has 1 saturated carbocycles. The van der Waals surface area contributed by atoms with E-state index in [-0.39, 0.29) is 23.8 Å². The Morgan fingerprint density at radius 2 is 1.07 bits per heavy atom. The van der Waals surface area contributed by atoms with Gasteiger partial charge in [-0.25, -0.2) is 0 Å². The number of unbranched alkanes of at least 4 members (excludes halogenated alkanes) is 9. The van der Waals surface area contributed by atoms with Crippen molar-refractivity contribution in [3.63, 3.8) is 0 Å². The van der Waals surface area contributed by atoms with Gasteiger partial charge in [-0.2, -0.15) is 0 Å². The van der Waals surface area contributed by atoms with Crippen LogP contribution in [0.3, 0.4) is 0 Å². The topological polar surface area (TPSA) is 52.6 Å².